The van der Waals surface area contributed by atoms with Gasteiger partial charge in [-0.2, -0.15) is 13.4 Å². The van der Waals surface area contributed by atoms with Gasteiger partial charge in [-0.25, -0.2) is 9.97 Å². The number of pyridine rings is 1. The molecule has 0 amide bonds. The Hall–Kier alpha value is -3.69. The van der Waals surface area contributed by atoms with E-state index in [-0.39, 0.29) is 40.0 Å². The molecular formula is C26H24ClN3O5S. The average Bonchev–Trinajstić information content (AvgIpc) is 2.87. The maximum atomic E-state index is 13.1. The summed E-state index contributed by atoms with van der Waals surface area (Å²) in [5.41, 5.74) is 1.73. The summed E-state index contributed by atoms with van der Waals surface area (Å²) in [5, 5.41) is -0.360. The minimum Gasteiger partial charge on any atom is -0.497 e. The molecule has 0 aliphatic rings. The Bertz CT molecular complexity index is 1450. The Kier molecular flexibility index (Phi) is 7.71. The molecule has 0 aliphatic carbocycles. The first-order valence-electron chi connectivity index (χ1n) is 11.1. The van der Waals surface area contributed by atoms with Crippen molar-refractivity contribution in [1.82, 2.24) is 15.0 Å². The van der Waals surface area contributed by atoms with Gasteiger partial charge in [0, 0.05) is 12.6 Å². The summed E-state index contributed by atoms with van der Waals surface area (Å²) >= 11 is 6.45. The van der Waals surface area contributed by atoms with Crippen LogP contribution in [-0.2, 0) is 16.5 Å². The molecule has 186 valence electrons. The number of rotatable bonds is 9. The molecule has 0 aliphatic heterocycles. The van der Waals surface area contributed by atoms with Crippen LogP contribution in [0.1, 0.15) is 36.7 Å². The smallest absolute Gasteiger partial charge is 0.358 e. The SMILES string of the molecule is COc1cccc(Cc2nc(Cl)c(Oc3ccccc3)c(OS(=O)(=O)c3ccc(C(C)C)cn3)n2)c1. The van der Waals surface area contributed by atoms with Crippen molar-refractivity contribution in [3.8, 4) is 23.1 Å². The second-order valence-electron chi connectivity index (χ2n) is 8.13. The summed E-state index contributed by atoms with van der Waals surface area (Å²) in [7, 11) is -2.78. The largest absolute Gasteiger partial charge is 0.497 e. The number of benzene rings is 2. The molecule has 10 heteroatoms. The summed E-state index contributed by atoms with van der Waals surface area (Å²) in [4.78, 5) is 12.7. The van der Waals surface area contributed by atoms with Gasteiger partial charge >= 0.3 is 10.1 Å². The minimum atomic E-state index is -4.35. The number of hydrogen-bond acceptors (Lipinski definition) is 8. The van der Waals surface area contributed by atoms with E-state index in [1.165, 1.54) is 12.3 Å². The molecule has 0 saturated heterocycles. The average molecular weight is 526 g/mol. The third kappa shape index (κ3) is 6.10. The molecule has 2 aromatic carbocycles. The van der Waals surface area contributed by atoms with Crippen molar-refractivity contribution in [3.63, 3.8) is 0 Å². The molecule has 36 heavy (non-hydrogen) atoms. The summed E-state index contributed by atoms with van der Waals surface area (Å²) in [6.07, 6.45) is 1.75. The molecule has 0 unspecified atom stereocenters. The van der Waals surface area contributed by atoms with Crippen LogP contribution in [0.25, 0.3) is 0 Å². The van der Waals surface area contributed by atoms with Crippen molar-refractivity contribution < 1.29 is 22.1 Å². The first-order chi connectivity index (χ1) is 17.2. The quantitative estimate of drug-likeness (QED) is 0.199. The number of hydrogen-bond donors (Lipinski definition) is 0. The lowest BCUT2D eigenvalue weighted by molar-refractivity contribution is 0.414. The number of para-hydroxylation sites is 1. The van der Waals surface area contributed by atoms with Gasteiger partial charge in [0.25, 0.3) is 5.88 Å². The number of aromatic nitrogens is 3. The Balaban J connectivity index is 1.72. The third-order valence-electron chi connectivity index (χ3n) is 5.17. The zero-order valence-electron chi connectivity index (χ0n) is 19.9. The van der Waals surface area contributed by atoms with E-state index >= 15 is 0 Å². The Morgan fingerprint density at radius 2 is 1.69 bits per heavy atom. The molecule has 4 aromatic rings. The van der Waals surface area contributed by atoms with Crippen LogP contribution in [0, 0.1) is 0 Å². The van der Waals surface area contributed by atoms with Gasteiger partial charge < -0.3 is 13.7 Å². The highest BCUT2D eigenvalue weighted by Gasteiger charge is 2.26. The molecule has 0 N–H and O–H groups in total. The van der Waals surface area contributed by atoms with Gasteiger partial charge in [0.15, 0.2) is 10.2 Å². The fourth-order valence-electron chi connectivity index (χ4n) is 3.27. The summed E-state index contributed by atoms with van der Waals surface area (Å²) in [6.45, 7) is 3.98. The van der Waals surface area contributed by atoms with Crippen molar-refractivity contribution in [2.75, 3.05) is 7.11 Å². The molecule has 2 aromatic heterocycles. The van der Waals surface area contributed by atoms with Crippen molar-refractivity contribution in [2.45, 2.75) is 31.2 Å². The Labute approximate surface area is 215 Å². The highest BCUT2D eigenvalue weighted by Crippen LogP contribution is 2.37. The van der Waals surface area contributed by atoms with Crippen LogP contribution in [-0.4, -0.2) is 30.5 Å². The van der Waals surface area contributed by atoms with Gasteiger partial charge in [-0.15, -0.1) is 0 Å². The van der Waals surface area contributed by atoms with Crippen LogP contribution >= 0.6 is 11.6 Å². The molecule has 0 atom stereocenters. The Morgan fingerprint density at radius 1 is 0.944 bits per heavy atom. The van der Waals surface area contributed by atoms with E-state index < -0.39 is 10.1 Å². The molecular weight excluding hydrogens is 502 g/mol. The van der Waals surface area contributed by atoms with Crippen LogP contribution in [0.3, 0.4) is 0 Å². The maximum absolute atomic E-state index is 13.1. The lowest BCUT2D eigenvalue weighted by Gasteiger charge is -2.14. The number of methoxy groups -OCH3 is 1. The van der Waals surface area contributed by atoms with Crippen LogP contribution in [0.4, 0.5) is 0 Å². The standard InChI is InChI=1S/C26H24ClN3O5S/c1-17(2)19-12-13-23(28-16-19)36(31,32)35-26-24(34-20-9-5-4-6-10-20)25(27)29-22(30-26)15-18-8-7-11-21(14-18)33-3/h4-14,16-17H,15H2,1-3H3. The third-order valence-corrected chi connectivity index (χ3v) is 6.56. The zero-order chi connectivity index (χ0) is 25.7. The second-order valence-corrected chi connectivity index (χ2v) is 9.98. The summed E-state index contributed by atoms with van der Waals surface area (Å²) in [6, 6.07) is 19.1. The molecule has 8 nitrogen and oxygen atoms in total. The molecule has 0 spiro atoms. The van der Waals surface area contributed by atoms with E-state index in [9.17, 15) is 8.42 Å². The van der Waals surface area contributed by atoms with Gasteiger partial charge in [0.05, 0.1) is 7.11 Å². The topological polar surface area (TPSA) is 100 Å². The normalized spacial score (nSPS) is 11.4. The lowest BCUT2D eigenvalue weighted by atomic mass is 10.1. The lowest BCUT2D eigenvalue weighted by Crippen LogP contribution is -2.14. The molecule has 0 radical (unpaired) electrons. The van der Waals surface area contributed by atoms with Crippen molar-refractivity contribution in [3.05, 3.63) is 95.0 Å². The predicted octanol–water partition coefficient (Wildman–Crippen LogP) is 5.81. The van der Waals surface area contributed by atoms with Crippen molar-refractivity contribution in [2.24, 2.45) is 0 Å². The highest BCUT2D eigenvalue weighted by molar-refractivity contribution is 7.87. The zero-order valence-corrected chi connectivity index (χ0v) is 21.5. The van der Waals surface area contributed by atoms with E-state index in [2.05, 4.69) is 15.0 Å². The number of nitrogens with zero attached hydrogens (tertiary/aromatic N) is 3. The van der Waals surface area contributed by atoms with Gasteiger partial charge in [-0.05, 0) is 47.4 Å². The van der Waals surface area contributed by atoms with Crippen LogP contribution < -0.4 is 13.7 Å². The van der Waals surface area contributed by atoms with Gasteiger partial charge in [-0.1, -0.05) is 61.8 Å². The first-order valence-corrected chi connectivity index (χ1v) is 12.9. The van der Waals surface area contributed by atoms with Crippen LogP contribution in [0.2, 0.25) is 5.15 Å². The molecule has 0 saturated carbocycles. The van der Waals surface area contributed by atoms with E-state index in [4.69, 9.17) is 25.3 Å². The summed E-state index contributed by atoms with van der Waals surface area (Å²) in [5.74, 6) is 1.04. The number of ether oxygens (including phenoxy) is 2. The molecule has 0 bridgehead atoms. The maximum Gasteiger partial charge on any atom is 0.358 e. The van der Waals surface area contributed by atoms with E-state index in [1.807, 2.05) is 44.2 Å². The first kappa shape index (κ1) is 25.4. The van der Waals surface area contributed by atoms with Crippen molar-refractivity contribution in [1.29, 1.82) is 0 Å². The predicted molar refractivity (Wildman–Crippen MR) is 135 cm³/mol. The van der Waals surface area contributed by atoms with Gasteiger partial charge in [0.1, 0.15) is 17.3 Å². The fourth-order valence-corrected chi connectivity index (χ4v) is 4.31. The minimum absolute atomic E-state index is 0.0972. The molecule has 2 heterocycles. The van der Waals surface area contributed by atoms with E-state index in [0.717, 1.165) is 11.1 Å². The molecule has 0 fully saturated rings. The summed E-state index contributed by atoms with van der Waals surface area (Å²) < 4.78 is 42.7. The second kappa shape index (κ2) is 10.9. The highest BCUT2D eigenvalue weighted by atomic mass is 35.5. The van der Waals surface area contributed by atoms with Gasteiger partial charge in [-0.3, -0.25) is 0 Å². The molecule has 4 rings (SSSR count). The van der Waals surface area contributed by atoms with Crippen LogP contribution in [0.15, 0.2) is 78.0 Å². The van der Waals surface area contributed by atoms with Crippen LogP contribution in [0.5, 0.6) is 23.1 Å². The van der Waals surface area contributed by atoms with E-state index in [1.54, 1.807) is 37.4 Å². The Morgan fingerprint density at radius 3 is 2.36 bits per heavy atom. The van der Waals surface area contributed by atoms with Gasteiger partial charge in [0.2, 0.25) is 5.75 Å². The monoisotopic (exact) mass is 525 g/mol. The van der Waals surface area contributed by atoms with E-state index in [0.29, 0.717) is 11.5 Å². The fraction of sp³-hybridized carbons (Fsp3) is 0.192. The van der Waals surface area contributed by atoms with Crippen molar-refractivity contribution >= 4 is 21.7 Å². The number of halogens is 1.